The summed E-state index contributed by atoms with van der Waals surface area (Å²) < 4.78 is 5.30. The number of carbonyl (C=O) groups excluding carboxylic acids is 3. The molecule has 1 aliphatic rings. The molecule has 8 heteroatoms. The van der Waals surface area contributed by atoms with E-state index in [2.05, 4.69) is 16.0 Å². The maximum atomic E-state index is 12.6. The van der Waals surface area contributed by atoms with E-state index in [-0.39, 0.29) is 30.2 Å². The van der Waals surface area contributed by atoms with Crippen LogP contribution in [0.2, 0.25) is 0 Å². The second-order valence-corrected chi connectivity index (χ2v) is 7.55. The lowest BCUT2D eigenvalue weighted by Gasteiger charge is -2.30. The molecular formula is C23H28N4O4. The summed E-state index contributed by atoms with van der Waals surface area (Å²) in [5.41, 5.74) is 1.87. The lowest BCUT2D eigenvalue weighted by atomic mass is 9.96. The van der Waals surface area contributed by atoms with E-state index in [4.69, 9.17) is 4.74 Å². The third kappa shape index (κ3) is 6.55. The SMILES string of the molecule is COc1ccc(NC(C)=O)cc1NC(=O)CN1CCC(C(=O)Nc2ccccc2)CC1. The van der Waals surface area contributed by atoms with Gasteiger partial charge in [0.2, 0.25) is 17.7 Å². The average molecular weight is 425 g/mol. The third-order valence-corrected chi connectivity index (χ3v) is 5.16. The zero-order valence-corrected chi connectivity index (χ0v) is 17.8. The molecule has 8 nitrogen and oxygen atoms in total. The minimum atomic E-state index is -0.193. The number of piperidine rings is 1. The number of likely N-dealkylation sites (tertiary alicyclic amines) is 1. The van der Waals surface area contributed by atoms with Gasteiger partial charge in [0.15, 0.2) is 0 Å². The van der Waals surface area contributed by atoms with E-state index in [0.29, 0.717) is 43.1 Å². The van der Waals surface area contributed by atoms with Crippen molar-refractivity contribution in [1.82, 2.24) is 4.90 Å². The van der Waals surface area contributed by atoms with Crippen molar-refractivity contribution < 1.29 is 19.1 Å². The zero-order valence-electron chi connectivity index (χ0n) is 17.8. The van der Waals surface area contributed by atoms with E-state index in [1.54, 1.807) is 18.2 Å². The van der Waals surface area contributed by atoms with Gasteiger partial charge in [0, 0.05) is 24.2 Å². The van der Waals surface area contributed by atoms with Crippen LogP contribution in [0, 0.1) is 5.92 Å². The number of nitrogens with zero attached hydrogens (tertiary/aromatic N) is 1. The number of nitrogens with one attached hydrogen (secondary N) is 3. The van der Waals surface area contributed by atoms with E-state index in [1.165, 1.54) is 14.0 Å². The first kappa shape index (κ1) is 22.3. The van der Waals surface area contributed by atoms with Gasteiger partial charge in [0.25, 0.3) is 0 Å². The molecule has 31 heavy (non-hydrogen) atoms. The first-order valence-electron chi connectivity index (χ1n) is 10.3. The molecule has 1 aliphatic heterocycles. The monoisotopic (exact) mass is 424 g/mol. The Labute approximate surface area is 182 Å². The van der Waals surface area contributed by atoms with Crippen LogP contribution in [0.5, 0.6) is 5.75 Å². The number of ether oxygens (including phenoxy) is 1. The summed E-state index contributed by atoms with van der Waals surface area (Å²) in [6, 6.07) is 14.5. The smallest absolute Gasteiger partial charge is 0.238 e. The van der Waals surface area contributed by atoms with Gasteiger partial charge in [-0.15, -0.1) is 0 Å². The van der Waals surface area contributed by atoms with Gasteiger partial charge in [-0.1, -0.05) is 18.2 Å². The summed E-state index contributed by atoms with van der Waals surface area (Å²) in [6.07, 6.45) is 1.40. The Balaban J connectivity index is 1.50. The highest BCUT2D eigenvalue weighted by Gasteiger charge is 2.26. The van der Waals surface area contributed by atoms with Gasteiger partial charge in [-0.05, 0) is 56.3 Å². The predicted molar refractivity (Wildman–Crippen MR) is 120 cm³/mol. The summed E-state index contributed by atoms with van der Waals surface area (Å²) >= 11 is 0. The fourth-order valence-electron chi connectivity index (χ4n) is 3.60. The van der Waals surface area contributed by atoms with Gasteiger partial charge in [0.05, 0.1) is 19.3 Å². The van der Waals surface area contributed by atoms with Crippen molar-refractivity contribution in [3.63, 3.8) is 0 Å². The number of methoxy groups -OCH3 is 1. The van der Waals surface area contributed by atoms with Crippen LogP contribution in [0.3, 0.4) is 0 Å². The van der Waals surface area contributed by atoms with Crippen molar-refractivity contribution in [2.45, 2.75) is 19.8 Å². The lowest BCUT2D eigenvalue weighted by molar-refractivity contribution is -0.121. The first-order chi connectivity index (χ1) is 14.9. The molecule has 3 rings (SSSR count). The topological polar surface area (TPSA) is 99.8 Å². The van der Waals surface area contributed by atoms with Crippen molar-refractivity contribution in [3.8, 4) is 5.75 Å². The fourth-order valence-corrected chi connectivity index (χ4v) is 3.60. The molecule has 2 aromatic rings. The maximum absolute atomic E-state index is 12.6. The molecule has 3 amide bonds. The summed E-state index contributed by atoms with van der Waals surface area (Å²) in [4.78, 5) is 38.3. The van der Waals surface area contributed by atoms with Gasteiger partial charge in [-0.2, -0.15) is 0 Å². The molecule has 0 saturated carbocycles. The summed E-state index contributed by atoms with van der Waals surface area (Å²) in [5, 5.41) is 8.49. The Morgan fingerprint density at radius 2 is 1.68 bits per heavy atom. The fraction of sp³-hybridized carbons (Fsp3) is 0.348. The molecular weight excluding hydrogens is 396 g/mol. The second kappa shape index (κ2) is 10.6. The molecule has 0 radical (unpaired) electrons. The summed E-state index contributed by atoms with van der Waals surface area (Å²) in [7, 11) is 1.52. The van der Waals surface area contributed by atoms with E-state index >= 15 is 0 Å². The van der Waals surface area contributed by atoms with Crippen LogP contribution in [-0.2, 0) is 14.4 Å². The molecule has 0 bridgehead atoms. The van der Waals surface area contributed by atoms with Crippen molar-refractivity contribution in [3.05, 3.63) is 48.5 Å². The van der Waals surface area contributed by atoms with Crippen molar-refractivity contribution >= 4 is 34.8 Å². The Kier molecular flexibility index (Phi) is 7.61. The Hall–Kier alpha value is -3.39. The van der Waals surface area contributed by atoms with E-state index in [1.807, 2.05) is 35.2 Å². The predicted octanol–water partition coefficient (Wildman–Crippen LogP) is 2.94. The van der Waals surface area contributed by atoms with Crippen LogP contribution < -0.4 is 20.7 Å². The highest BCUT2D eigenvalue weighted by Crippen LogP contribution is 2.28. The number of hydrogen-bond donors (Lipinski definition) is 3. The van der Waals surface area contributed by atoms with E-state index in [9.17, 15) is 14.4 Å². The first-order valence-corrected chi connectivity index (χ1v) is 10.3. The maximum Gasteiger partial charge on any atom is 0.238 e. The minimum Gasteiger partial charge on any atom is -0.495 e. The molecule has 1 saturated heterocycles. The second-order valence-electron chi connectivity index (χ2n) is 7.55. The van der Waals surface area contributed by atoms with Gasteiger partial charge >= 0.3 is 0 Å². The number of benzene rings is 2. The van der Waals surface area contributed by atoms with Crippen LogP contribution in [0.1, 0.15) is 19.8 Å². The van der Waals surface area contributed by atoms with Crippen molar-refractivity contribution in [1.29, 1.82) is 0 Å². The molecule has 0 unspecified atom stereocenters. The molecule has 3 N–H and O–H groups in total. The Morgan fingerprint density at radius 1 is 0.968 bits per heavy atom. The molecule has 0 aliphatic carbocycles. The van der Waals surface area contributed by atoms with Gasteiger partial charge in [0.1, 0.15) is 5.75 Å². The van der Waals surface area contributed by atoms with Crippen molar-refractivity contribution in [2.75, 3.05) is 42.7 Å². The molecule has 0 atom stereocenters. The number of para-hydroxylation sites is 1. The average Bonchev–Trinajstić information content (AvgIpc) is 2.74. The molecule has 0 spiro atoms. The molecule has 164 valence electrons. The summed E-state index contributed by atoms with van der Waals surface area (Å²) in [6.45, 7) is 2.99. The van der Waals surface area contributed by atoms with Crippen LogP contribution in [0.4, 0.5) is 17.1 Å². The van der Waals surface area contributed by atoms with E-state index < -0.39 is 0 Å². The number of anilines is 3. The number of amides is 3. The van der Waals surface area contributed by atoms with Gasteiger partial charge in [-0.3, -0.25) is 19.3 Å². The summed E-state index contributed by atoms with van der Waals surface area (Å²) in [5.74, 6) is 0.106. The van der Waals surface area contributed by atoms with Gasteiger partial charge in [-0.25, -0.2) is 0 Å². The van der Waals surface area contributed by atoms with Crippen LogP contribution in [0.15, 0.2) is 48.5 Å². The Morgan fingerprint density at radius 3 is 2.32 bits per heavy atom. The molecule has 0 aromatic heterocycles. The third-order valence-electron chi connectivity index (χ3n) is 5.16. The number of carbonyl (C=O) groups is 3. The molecule has 1 heterocycles. The van der Waals surface area contributed by atoms with Crippen molar-refractivity contribution in [2.24, 2.45) is 5.92 Å². The molecule has 2 aromatic carbocycles. The minimum absolute atomic E-state index is 0.0230. The van der Waals surface area contributed by atoms with Crippen LogP contribution in [-0.4, -0.2) is 49.4 Å². The Bertz CT molecular complexity index is 924. The number of rotatable bonds is 7. The highest BCUT2D eigenvalue weighted by molar-refractivity contribution is 5.96. The lowest BCUT2D eigenvalue weighted by Crippen LogP contribution is -2.41. The number of hydrogen-bond acceptors (Lipinski definition) is 5. The quantitative estimate of drug-likeness (QED) is 0.635. The normalized spacial score (nSPS) is 14.5. The molecule has 1 fully saturated rings. The van der Waals surface area contributed by atoms with Crippen LogP contribution >= 0.6 is 0 Å². The van der Waals surface area contributed by atoms with Crippen LogP contribution in [0.25, 0.3) is 0 Å². The standard InChI is InChI=1S/C23H28N4O4/c1-16(28)24-19-8-9-21(31-2)20(14-19)26-22(29)15-27-12-10-17(11-13-27)23(30)25-18-6-4-3-5-7-18/h3-9,14,17H,10-13,15H2,1-2H3,(H,24,28)(H,25,30)(H,26,29). The van der Waals surface area contributed by atoms with Gasteiger partial charge < -0.3 is 20.7 Å². The highest BCUT2D eigenvalue weighted by atomic mass is 16.5. The largest absolute Gasteiger partial charge is 0.495 e. The van der Waals surface area contributed by atoms with E-state index in [0.717, 1.165) is 5.69 Å². The zero-order chi connectivity index (χ0) is 22.2.